The van der Waals surface area contributed by atoms with Gasteiger partial charge in [-0.2, -0.15) is 0 Å². The molecule has 0 saturated carbocycles. The van der Waals surface area contributed by atoms with E-state index in [1.807, 2.05) is 0 Å². The Morgan fingerprint density at radius 2 is 2.06 bits per heavy atom. The summed E-state index contributed by atoms with van der Waals surface area (Å²) in [5.74, 6) is -2.98. The fourth-order valence-corrected chi connectivity index (χ4v) is 1.39. The van der Waals surface area contributed by atoms with E-state index in [-0.39, 0.29) is 18.7 Å². The second kappa shape index (κ2) is 6.53. The zero-order valence-electron chi connectivity index (χ0n) is 9.18. The molecule has 0 saturated heterocycles. The highest BCUT2D eigenvalue weighted by Gasteiger charge is 2.20. The molecule has 0 spiro atoms. The highest BCUT2D eigenvalue weighted by atomic mass is 19.1. The maximum Gasteiger partial charge on any atom is 0.325 e. The predicted molar refractivity (Wildman–Crippen MR) is 58.8 cm³/mol. The number of carbonyl (C=O) groups is 1. The van der Waals surface area contributed by atoms with Gasteiger partial charge < -0.3 is 10.4 Å². The van der Waals surface area contributed by atoms with Crippen molar-refractivity contribution in [2.75, 3.05) is 13.1 Å². The van der Waals surface area contributed by atoms with E-state index in [1.54, 1.807) is 0 Å². The maximum atomic E-state index is 13.0. The topological polar surface area (TPSA) is 98.1 Å². The van der Waals surface area contributed by atoms with Crippen LogP contribution in [0.15, 0.2) is 23.3 Å². The largest absolute Gasteiger partial charge is 0.480 e. The van der Waals surface area contributed by atoms with Crippen molar-refractivity contribution in [3.05, 3.63) is 45.8 Å². The molecule has 8 heteroatoms. The molecule has 1 atom stereocenters. The molecule has 0 aromatic heterocycles. The average Bonchev–Trinajstić information content (AvgIpc) is 2.27. The lowest BCUT2D eigenvalue weighted by Crippen LogP contribution is -2.30. The Morgan fingerprint density at radius 1 is 1.44 bits per heavy atom. The molecule has 2 N–H and O–H groups in total. The fraction of sp³-hybridized carbons (Fsp3) is 0.300. The van der Waals surface area contributed by atoms with Gasteiger partial charge in [-0.3, -0.25) is 4.79 Å². The third-order valence-corrected chi connectivity index (χ3v) is 2.09. The normalized spacial score (nSPS) is 11.7. The van der Waals surface area contributed by atoms with Gasteiger partial charge in [0.15, 0.2) is 0 Å². The molecule has 0 amide bonds. The van der Waals surface area contributed by atoms with Crippen molar-refractivity contribution in [1.82, 2.24) is 5.32 Å². The van der Waals surface area contributed by atoms with Crippen molar-refractivity contribution in [1.29, 1.82) is 0 Å². The van der Waals surface area contributed by atoms with Crippen LogP contribution in [0.2, 0.25) is 0 Å². The Hall–Kier alpha value is -2.18. The van der Waals surface area contributed by atoms with Crippen LogP contribution in [-0.4, -0.2) is 24.2 Å². The molecule has 1 rings (SSSR count). The third-order valence-electron chi connectivity index (χ3n) is 2.09. The summed E-state index contributed by atoms with van der Waals surface area (Å²) in [6, 6.07) is 1.26. The first-order chi connectivity index (χ1) is 8.54. The summed E-state index contributed by atoms with van der Waals surface area (Å²) in [6.45, 7) is 0.122. The smallest absolute Gasteiger partial charge is 0.325 e. The summed E-state index contributed by atoms with van der Waals surface area (Å²) in [5.41, 5.74) is 8.00. The van der Waals surface area contributed by atoms with Gasteiger partial charge in [-0.25, -0.2) is 8.78 Å². The Morgan fingerprint density at radius 3 is 2.56 bits per heavy atom. The van der Waals surface area contributed by atoms with Gasteiger partial charge in [0, 0.05) is 24.1 Å². The summed E-state index contributed by atoms with van der Waals surface area (Å²) in [5, 5.41) is 14.7. The van der Waals surface area contributed by atoms with Crippen molar-refractivity contribution in [2.24, 2.45) is 5.11 Å². The molecule has 0 aliphatic carbocycles. The van der Waals surface area contributed by atoms with Crippen LogP contribution in [0.3, 0.4) is 0 Å². The maximum absolute atomic E-state index is 13.0. The standard InChI is InChI=1S/C10H10F2N4O2/c11-7-3-6(4-8(12)5-7)9(10(17)18)14-1-2-15-16-13/h3-5,9,14H,1-2H2,(H,17,18). The number of azide groups is 1. The molecule has 1 unspecified atom stereocenters. The van der Waals surface area contributed by atoms with Crippen LogP contribution in [0.4, 0.5) is 8.78 Å². The van der Waals surface area contributed by atoms with E-state index in [4.69, 9.17) is 10.6 Å². The number of aliphatic carboxylic acids is 1. The highest BCUT2D eigenvalue weighted by Crippen LogP contribution is 2.16. The van der Waals surface area contributed by atoms with Crippen LogP contribution in [0.5, 0.6) is 0 Å². The number of benzene rings is 1. The summed E-state index contributed by atoms with van der Waals surface area (Å²) in [7, 11) is 0. The lowest BCUT2D eigenvalue weighted by Gasteiger charge is -2.14. The summed E-state index contributed by atoms with van der Waals surface area (Å²) in [4.78, 5) is 13.5. The van der Waals surface area contributed by atoms with Crippen molar-refractivity contribution in [3.8, 4) is 0 Å². The van der Waals surface area contributed by atoms with Crippen LogP contribution in [0.1, 0.15) is 11.6 Å². The van der Waals surface area contributed by atoms with Crippen molar-refractivity contribution in [2.45, 2.75) is 6.04 Å². The van der Waals surface area contributed by atoms with Crippen LogP contribution in [0.25, 0.3) is 10.4 Å². The van der Waals surface area contributed by atoms with Crippen molar-refractivity contribution >= 4 is 5.97 Å². The van der Waals surface area contributed by atoms with Crippen molar-refractivity contribution < 1.29 is 18.7 Å². The van der Waals surface area contributed by atoms with Crippen LogP contribution in [-0.2, 0) is 4.79 Å². The molecular weight excluding hydrogens is 246 g/mol. The monoisotopic (exact) mass is 256 g/mol. The van der Waals surface area contributed by atoms with E-state index < -0.39 is 23.6 Å². The second-order valence-electron chi connectivity index (χ2n) is 3.38. The Balaban J connectivity index is 2.83. The van der Waals surface area contributed by atoms with Crippen LogP contribution in [0, 0.1) is 11.6 Å². The van der Waals surface area contributed by atoms with Crippen LogP contribution >= 0.6 is 0 Å². The number of rotatable bonds is 6. The fourth-order valence-electron chi connectivity index (χ4n) is 1.39. The molecule has 18 heavy (non-hydrogen) atoms. The minimum absolute atomic E-state index is 0.0398. The number of nitrogens with one attached hydrogen (secondary N) is 1. The number of hydrogen-bond donors (Lipinski definition) is 2. The molecule has 6 nitrogen and oxygen atoms in total. The van der Waals surface area contributed by atoms with Gasteiger partial charge in [0.05, 0.1) is 0 Å². The zero-order valence-corrected chi connectivity index (χ0v) is 9.18. The first kappa shape index (κ1) is 13.9. The minimum atomic E-state index is -1.28. The van der Waals surface area contributed by atoms with Crippen molar-refractivity contribution in [3.63, 3.8) is 0 Å². The van der Waals surface area contributed by atoms with E-state index in [0.717, 1.165) is 12.1 Å². The van der Waals surface area contributed by atoms with E-state index in [1.165, 1.54) is 0 Å². The highest BCUT2D eigenvalue weighted by molar-refractivity contribution is 5.75. The molecule has 0 bridgehead atoms. The van der Waals surface area contributed by atoms with E-state index in [2.05, 4.69) is 15.3 Å². The molecule has 0 radical (unpaired) electrons. The lowest BCUT2D eigenvalue weighted by atomic mass is 10.1. The van der Waals surface area contributed by atoms with E-state index in [0.29, 0.717) is 6.07 Å². The molecule has 0 aliphatic rings. The number of nitrogens with zero attached hydrogens (tertiary/aromatic N) is 3. The quantitative estimate of drug-likeness (QED) is 0.352. The first-order valence-corrected chi connectivity index (χ1v) is 4.97. The minimum Gasteiger partial charge on any atom is -0.480 e. The van der Waals surface area contributed by atoms with Gasteiger partial charge in [0.2, 0.25) is 0 Å². The average molecular weight is 256 g/mol. The van der Waals surface area contributed by atoms with E-state index >= 15 is 0 Å². The summed E-state index contributed by atoms with van der Waals surface area (Å²) >= 11 is 0. The van der Waals surface area contributed by atoms with Gasteiger partial charge in [-0.15, -0.1) is 0 Å². The molecule has 0 fully saturated rings. The number of halogens is 2. The SMILES string of the molecule is [N-]=[N+]=NCCNC(C(=O)O)c1cc(F)cc(F)c1. The Labute approximate surface area is 101 Å². The molecule has 0 aliphatic heterocycles. The van der Waals surface area contributed by atoms with Gasteiger partial charge in [-0.05, 0) is 23.2 Å². The number of hydrogen-bond acceptors (Lipinski definition) is 3. The van der Waals surface area contributed by atoms with Gasteiger partial charge in [0.1, 0.15) is 17.7 Å². The van der Waals surface area contributed by atoms with Gasteiger partial charge in [0.25, 0.3) is 0 Å². The van der Waals surface area contributed by atoms with E-state index in [9.17, 15) is 13.6 Å². The first-order valence-electron chi connectivity index (χ1n) is 4.97. The second-order valence-corrected chi connectivity index (χ2v) is 3.38. The van der Waals surface area contributed by atoms with Crippen LogP contribution < -0.4 is 5.32 Å². The molecule has 96 valence electrons. The van der Waals surface area contributed by atoms with Gasteiger partial charge >= 0.3 is 5.97 Å². The van der Waals surface area contributed by atoms with Gasteiger partial charge in [-0.1, -0.05) is 5.11 Å². The number of carboxylic acid groups (broad SMARTS) is 1. The molecule has 1 aromatic rings. The lowest BCUT2D eigenvalue weighted by molar-refractivity contribution is -0.139. The molecule has 0 heterocycles. The Bertz CT molecular complexity index is 469. The molecular formula is C10H10F2N4O2. The predicted octanol–water partition coefficient (Wildman–Crippen LogP) is 1.99. The Kier molecular flexibility index (Phi) is 5.04. The molecule has 1 aromatic carbocycles. The third kappa shape index (κ3) is 4.00. The number of carboxylic acids is 1. The summed E-state index contributed by atoms with van der Waals surface area (Å²) < 4.78 is 25.9. The summed E-state index contributed by atoms with van der Waals surface area (Å²) in [6.07, 6.45) is 0. The zero-order chi connectivity index (χ0) is 13.5.